The van der Waals surface area contributed by atoms with Gasteiger partial charge in [0, 0.05) is 6.54 Å². The quantitative estimate of drug-likeness (QED) is 0.575. The summed E-state index contributed by atoms with van der Waals surface area (Å²) in [6.45, 7) is 5.60. The molecule has 0 aromatic heterocycles. The third kappa shape index (κ3) is 7.21. The Hall–Kier alpha value is -2.70. The van der Waals surface area contributed by atoms with E-state index < -0.39 is 17.7 Å². The molecule has 0 bridgehead atoms. The number of aliphatic hydroxyl groups excluding tert-OH is 1. The zero-order valence-electron chi connectivity index (χ0n) is 15.8. The van der Waals surface area contributed by atoms with Gasteiger partial charge in [-0.15, -0.1) is 0 Å². The third-order valence-corrected chi connectivity index (χ3v) is 3.51. The lowest BCUT2D eigenvalue weighted by molar-refractivity contribution is -0.153. The molecule has 2 rings (SSSR count). The minimum atomic E-state index is -0.800. The normalized spacial score (nSPS) is 12.3. The smallest absolute Gasteiger partial charge is 0.343 e. The number of nitrogens with one attached hydrogen (secondary N) is 1. The van der Waals surface area contributed by atoms with Gasteiger partial charge < -0.3 is 19.9 Å². The van der Waals surface area contributed by atoms with E-state index in [0.717, 1.165) is 0 Å². The Kier molecular flexibility index (Phi) is 7.10. The Morgan fingerprint density at radius 3 is 2.26 bits per heavy atom. The molecule has 2 aromatic carbocycles. The molecule has 2 aromatic rings. The standard InChI is InChI=1S/C21H25NO5/c1-21(2,3)27-19(24)14-22-13-18(23)15-9-11-17(12-10-15)26-20(25)16-7-5-4-6-8-16/h4-12,18,22-23H,13-14H2,1-3H3. The highest BCUT2D eigenvalue weighted by atomic mass is 16.6. The van der Waals surface area contributed by atoms with Crippen LogP contribution in [0.1, 0.15) is 42.8 Å². The van der Waals surface area contributed by atoms with Crippen LogP contribution in [0, 0.1) is 0 Å². The molecular weight excluding hydrogens is 346 g/mol. The maximum Gasteiger partial charge on any atom is 0.343 e. The van der Waals surface area contributed by atoms with Gasteiger partial charge in [-0.25, -0.2) is 4.79 Å². The van der Waals surface area contributed by atoms with Crippen LogP contribution in [0.15, 0.2) is 54.6 Å². The van der Waals surface area contributed by atoms with E-state index in [-0.39, 0.29) is 19.1 Å². The second-order valence-electron chi connectivity index (χ2n) is 7.06. The van der Waals surface area contributed by atoms with Gasteiger partial charge in [0.05, 0.1) is 18.2 Å². The van der Waals surface area contributed by atoms with Gasteiger partial charge in [0.15, 0.2) is 0 Å². The van der Waals surface area contributed by atoms with Gasteiger partial charge in [0.25, 0.3) is 0 Å². The van der Waals surface area contributed by atoms with Gasteiger partial charge in [-0.2, -0.15) is 0 Å². The van der Waals surface area contributed by atoms with Crippen LogP contribution in [-0.2, 0) is 9.53 Å². The lowest BCUT2D eigenvalue weighted by atomic mass is 10.1. The molecule has 0 spiro atoms. The lowest BCUT2D eigenvalue weighted by Crippen LogP contribution is -2.33. The van der Waals surface area contributed by atoms with Crippen LogP contribution in [0.3, 0.4) is 0 Å². The predicted molar refractivity (Wildman–Crippen MR) is 102 cm³/mol. The van der Waals surface area contributed by atoms with Crippen molar-refractivity contribution < 1.29 is 24.2 Å². The van der Waals surface area contributed by atoms with Crippen LogP contribution in [0.2, 0.25) is 0 Å². The molecule has 1 unspecified atom stereocenters. The van der Waals surface area contributed by atoms with Crippen molar-refractivity contribution in [2.75, 3.05) is 13.1 Å². The number of benzene rings is 2. The third-order valence-electron chi connectivity index (χ3n) is 3.51. The van der Waals surface area contributed by atoms with Crippen molar-refractivity contribution in [2.45, 2.75) is 32.5 Å². The number of rotatable bonds is 7. The fourth-order valence-electron chi connectivity index (χ4n) is 2.30. The number of ether oxygens (including phenoxy) is 2. The molecule has 0 amide bonds. The molecule has 6 heteroatoms. The van der Waals surface area contributed by atoms with E-state index in [9.17, 15) is 14.7 Å². The molecule has 0 radical (unpaired) electrons. The monoisotopic (exact) mass is 371 g/mol. The molecule has 0 saturated heterocycles. The van der Waals surface area contributed by atoms with E-state index >= 15 is 0 Å². The molecule has 0 aliphatic heterocycles. The number of hydrogen-bond donors (Lipinski definition) is 2. The van der Waals surface area contributed by atoms with Gasteiger partial charge in [0.1, 0.15) is 11.4 Å². The molecule has 0 heterocycles. The number of carbonyl (C=O) groups excluding carboxylic acids is 2. The summed E-state index contributed by atoms with van der Waals surface area (Å²) in [6.07, 6.45) is -0.800. The fourth-order valence-corrected chi connectivity index (χ4v) is 2.30. The van der Waals surface area contributed by atoms with Crippen LogP contribution in [-0.4, -0.2) is 35.7 Å². The maximum absolute atomic E-state index is 12.0. The van der Waals surface area contributed by atoms with Crippen LogP contribution in [0.25, 0.3) is 0 Å². The van der Waals surface area contributed by atoms with Crippen molar-refractivity contribution in [2.24, 2.45) is 0 Å². The van der Waals surface area contributed by atoms with E-state index in [1.54, 1.807) is 69.3 Å². The van der Waals surface area contributed by atoms with Crippen molar-refractivity contribution in [1.82, 2.24) is 5.32 Å². The van der Waals surface area contributed by atoms with E-state index in [4.69, 9.17) is 9.47 Å². The molecule has 1 atom stereocenters. The van der Waals surface area contributed by atoms with Crippen LogP contribution < -0.4 is 10.1 Å². The van der Waals surface area contributed by atoms with E-state index in [2.05, 4.69) is 5.32 Å². The van der Waals surface area contributed by atoms with Crippen molar-refractivity contribution in [3.63, 3.8) is 0 Å². The van der Waals surface area contributed by atoms with Gasteiger partial charge >= 0.3 is 11.9 Å². The van der Waals surface area contributed by atoms with Crippen molar-refractivity contribution in [3.8, 4) is 5.75 Å². The van der Waals surface area contributed by atoms with E-state index in [1.165, 1.54) is 0 Å². The molecule has 0 fully saturated rings. The summed E-state index contributed by atoms with van der Waals surface area (Å²) in [6, 6.07) is 15.3. The molecule has 27 heavy (non-hydrogen) atoms. The Morgan fingerprint density at radius 2 is 1.67 bits per heavy atom. The second kappa shape index (κ2) is 9.30. The topological polar surface area (TPSA) is 84.9 Å². The molecule has 144 valence electrons. The van der Waals surface area contributed by atoms with Crippen LogP contribution in [0.4, 0.5) is 0 Å². The van der Waals surface area contributed by atoms with E-state index in [0.29, 0.717) is 16.9 Å². The van der Waals surface area contributed by atoms with Crippen LogP contribution >= 0.6 is 0 Å². The summed E-state index contributed by atoms with van der Waals surface area (Å²) in [5.41, 5.74) is 0.573. The van der Waals surface area contributed by atoms with Crippen molar-refractivity contribution in [3.05, 3.63) is 65.7 Å². The SMILES string of the molecule is CC(C)(C)OC(=O)CNCC(O)c1ccc(OC(=O)c2ccccc2)cc1. The number of carbonyl (C=O) groups is 2. The highest BCUT2D eigenvalue weighted by Crippen LogP contribution is 2.18. The predicted octanol–water partition coefficient (Wildman–Crippen LogP) is 2.87. The van der Waals surface area contributed by atoms with Gasteiger partial charge in [-0.3, -0.25) is 4.79 Å². The van der Waals surface area contributed by atoms with Gasteiger partial charge in [-0.1, -0.05) is 30.3 Å². The Balaban J connectivity index is 1.82. The lowest BCUT2D eigenvalue weighted by Gasteiger charge is -2.20. The number of aliphatic hydroxyl groups is 1. The first-order valence-electron chi connectivity index (χ1n) is 8.72. The average molecular weight is 371 g/mol. The second-order valence-corrected chi connectivity index (χ2v) is 7.06. The molecule has 6 nitrogen and oxygen atoms in total. The molecular formula is C21H25NO5. The minimum Gasteiger partial charge on any atom is -0.459 e. The first kappa shape index (κ1) is 20.6. The first-order chi connectivity index (χ1) is 12.7. The fraction of sp³-hybridized carbons (Fsp3) is 0.333. The summed E-state index contributed by atoms with van der Waals surface area (Å²) in [5, 5.41) is 13.1. The molecule has 0 saturated carbocycles. The van der Waals surface area contributed by atoms with Gasteiger partial charge in [0.2, 0.25) is 0 Å². The maximum atomic E-state index is 12.0. The Labute approximate surface area is 159 Å². The summed E-state index contributed by atoms with van der Waals surface area (Å²) in [7, 11) is 0. The molecule has 0 aliphatic carbocycles. The Morgan fingerprint density at radius 1 is 1.04 bits per heavy atom. The minimum absolute atomic E-state index is 0.0150. The number of hydrogen-bond acceptors (Lipinski definition) is 6. The largest absolute Gasteiger partial charge is 0.459 e. The number of esters is 2. The van der Waals surface area contributed by atoms with Crippen LogP contribution in [0.5, 0.6) is 5.75 Å². The molecule has 0 aliphatic rings. The zero-order valence-corrected chi connectivity index (χ0v) is 15.8. The summed E-state index contributed by atoms with van der Waals surface area (Å²) in [4.78, 5) is 23.6. The summed E-state index contributed by atoms with van der Waals surface area (Å²) >= 11 is 0. The van der Waals surface area contributed by atoms with Crippen molar-refractivity contribution >= 4 is 11.9 Å². The first-order valence-corrected chi connectivity index (χ1v) is 8.72. The van der Waals surface area contributed by atoms with Gasteiger partial charge in [-0.05, 0) is 50.6 Å². The summed E-state index contributed by atoms with van der Waals surface area (Å²) in [5.74, 6) is -0.428. The average Bonchev–Trinajstić information content (AvgIpc) is 2.61. The summed E-state index contributed by atoms with van der Waals surface area (Å²) < 4.78 is 10.5. The highest BCUT2D eigenvalue weighted by molar-refractivity contribution is 5.90. The van der Waals surface area contributed by atoms with Crippen molar-refractivity contribution in [1.29, 1.82) is 0 Å². The highest BCUT2D eigenvalue weighted by Gasteiger charge is 2.16. The van der Waals surface area contributed by atoms with E-state index in [1.807, 2.05) is 6.07 Å². The molecule has 2 N–H and O–H groups in total. The Bertz CT molecular complexity index is 750. The zero-order chi connectivity index (χ0) is 19.9.